The average Bonchev–Trinajstić information content (AvgIpc) is 3.29. The highest BCUT2D eigenvalue weighted by atomic mass is 35.5. The van der Waals surface area contributed by atoms with Crippen LogP contribution in [-0.4, -0.2) is 72.6 Å². The van der Waals surface area contributed by atoms with Crippen molar-refractivity contribution >= 4 is 39.9 Å². The number of aryl methyl sites for hydroxylation is 1. The third-order valence-corrected chi connectivity index (χ3v) is 8.88. The lowest BCUT2D eigenvalue weighted by atomic mass is 9.91. The number of halogens is 4. The van der Waals surface area contributed by atoms with Crippen molar-refractivity contribution < 1.29 is 32.0 Å². The molecule has 0 N–H and O–H groups in total. The number of amides is 1. The summed E-state index contributed by atoms with van der Waals surface area (Å²) in [6.45, 7) is 5.09. The molecule has 1 aromatic heterocycles. The summed E-state index contributed by atoms with van der Waals surface area (Å²) in [5, 5.41) is 12.6. The second-order valence-electron chi connectivity index (χ2n) is 11.3. The van der Waals surface area contributed by atoms with Crippen LogP contribution < -0.4 is 4.90 Å². The van der Waals surface area contributed by atoms with Crippen molar-refractivity contribution in [2.45, 2.75) is 57.5 Å². The Morgan fingerprint density at radius 2 is 1.81 bits per heavy atom. The Balaban J connectivity index is 1.06. The van der Waals surface area contributed by atoms with E-state index in [1.165, 1.54) is 6.07 Å². The molecule has 1 aliphatic carbocycles. The molecule has 3 aromatic rings. The van der Waals surface area contributed by atoms with Crippen LogP contribution in [0.25, 0.3) is 11.0 Å². The van der Waals surface area contributed by atoms with E-state index in [1.807, 2.05) is 25.1 Å². The van der Waals surface area contributed by atoms with Crippen molar-refractivity contribution in [3.8, 4) is 0 Å². The zero-order valence-corrected chi connectivity index (χ0v) is 24.8. The van der Waals surface area contributed by atoms with Gasteiger partial charge in [-0.25, -0.2) is 0 Å². The van der Waals surface area contributed by atoms with Crippen LogP contribution in [0.4, 0.5) is 24.5 Å². The number of alkyl halides is 3. The van der Waals surface area contributed by atoms with E-state index in [1.54, 1.807) is 16.8 Å². The highest BCUT2D eigenvalue weighted by Gasteiger charge is 2.39. The van der Waals surface area contributed by atoms with Crippen LogP contribution >= 0.6 is 11.6 Å². The van der Waals surface area contributed by atoms with Gasteiger partial charge in [0.05, 0.1) is 22.6 Å². The molecule has 43 heavy (non-hydrogen) atoms. The molecular weight excluding hydrogens is 589 g/mol. The van der Waals surface area contributed by atoms with Crippen LogP contribution in [0.2, 0.25) is 5.02 Å². The third-order valence-electron chi connectivity index (χ3n) is 8.47. The molecule has 1 amide bonds. The Morgan fingerprint density at radius 3 is 2.47 bits per heavy atom. The van der Waals surface area contributed by atoms with Gasteiger partial charge in [0.2, 0.25) is 5.91 Å². The fourth-order valence-electron chi connectivity index (χ4n) is 5.91. The number of hydrogen-bond acceptors (Lipinski definition) is 7. The van der Waals surface area contributed by atoms with Crippen LogP contribution in [0.5, 0.6) is 0 Å². The summed E-state index contributed by atoms with van der Waals surface area (Å²) in [4.78, 5) is 28.6. The van der Waals surface area contributed by atoms with Gasteiger partial charge in [-0.1, -0.05) is 23.2 Å². The minimum atomic E-state index is -4.83. The second-order valence-corrected chi connectivity index (χ2v) is 11.7. The number of furan rings is 1. The summed E-state index contributed by atoms with van der Waals surface area (Å²) in [5.41, 5.74) is -0.0692. The summed E-state index contributed by atoms with van der Waals surface area (Å²) < 4.78 is 52.2. The van der Waals surface area contributed by atoms with E-state index in [4.69, 9.17) is 20.8 Å². The SMILES string of the molecule is Cc1ccc2oc(CN3CCN(C(=O)COC4CCC(N(C)c5ccc([N+](=O)[O-])c(C(F)(F)F)c5)CC4)CC3)c(Cl)c2c1. The lowest BCUT2D eigenvalue weighted by molar-refractivity contribution is -0.388. The Bertz CT molecular complexity index is 1480. The maximum atomic E-state index is 13.4. The van der Waals surface area contributed by atoms with Gasteiger partial charge in [-0.3, -0.25) is 19.8 Å². The monoisotopic (exact) mass is 622 g/mol. The molecule has 0 atom stereocenters. The van der Waals surface area contributed by atoms with Crippen molar-refractivity contribution in [3.05, 3.63) is 68.4 Å². The molecule has 1 saturated heterocycles. The normalized spacial score (nSPS) is 20.0. The zero-order chi connectivity index (χ0) is 30.9. The lowest BCUT2D eigenvalue weighted by Crippen LogP contribution is -2.49. The molecule has 0 spiro atoms. The van der Waals surface area contributed by atoms with Gasteiger partial charge in [-0.05, 0) is 56.9 Å². The molecule has 0 bridgehead atoms. The van der Waals surface area contributed by atoms with Crippen molar-refractivity contribution in [2.75, 3.05) is 44.7 Å². The lowest BCUT2D eigenvalue weighted by Gasteiger charge is -2.37. The maximum absolute atomic E-state index is 13.4. The summed E-state index contributed by atoms with van der Waals surface area (Å²) in [6.07, 6.45) is -2.30. The van der Waals surface area contributed by atoms with Crippen LogP contribution in [0.15, 0.2) is 40.8 Å². The molecule has 232 valence electrons. The average molecular weight is 623 g/mol. The number of nitrogens with zero attached hydrogens (tertiary/aromatic N) is 4. The van der Waals surface area contributed by atoms with Gasteiger partial charge in [0.25, 0.3) is 5.69 Å². The second kappa shape index (κ2) is 12.7. The molecule has 0 radical (unpaired) electrons. The first-order chi connectivity index (χ1) is 20.4. The number of rotatable bonds is 8. The van der Waals surface area contributed by atoms with E-state index in [9.17, 15) is 28.1 Å². The van der Waals surface area contributed by atoms with Gasteiger partial charge >= 0.3 is 6.18 Å². The van der Waals surface area contributed by atoms with Crippen LogP contribution in [0.1, 0.15) is 42.6 Å². The number of benzene rings is 2. The Kier molecular flexibility index (Phi) is 9.19. The predicted molar refractivity (Wildman–Crippen MR) is 156 cm³/mol. The topological polar surface area (TPSA) is 92.3 Å². The fraction of sp³-hybridized carbons (Fsp3) is 0.500. The van der Waals surface area contributed by atoms with Crippen molar-refractivity contribution in [2.24, 2.45) is 0 Å². The maximum Gasteiger partial charge on any atom is 0.423 e. The molecule has 2 aromatic carbocycles. The number of carbonyl (C=O) groups is 1. The number of piperazine rings is 1. The number of nitro benzene ring substituents is 1. The van der Waals surface area contributed by atoms with E-state index < -0.39 is 22.4 Å². The minimum Gasteiger partial charge on any atom is -0.458 e. The minimum absolute atomic E-state index is 0.0166. The molecule has 1 saturated carbocycles. The molecule has 5 rings (SSSR count). The first-order valence-electron chi connectivity index (χ1n) is 14.3. The standard InChI is InChI=1S/C30H34ClF3N4O5/c1-19-3-10-26-23(15-19)29(31)27(43-26)17-36-11-13-37(14-12-36)28(39)18-42-22-7-4-20(5-8-22)35(2)21-6-9-25(38(40)41)24(16-21)30(32,33)34/h3,6,9-10,15-16,20,22H,4-5,7-8,11-14,17-18H2,1-2H3. The number of fused-ring (bicyclic) bond motifs is 1. The zero-order valence-electron chi connectivity index (χ0n) is 24.0. The Morgan fingerprint density at radius 1 is 1.12 bits per heavy atom. The van der Waals surface area contributed by atoms with Crippen molar-refractivity contribution in [1.82, 2.24) is 9.80 Å². The number of carbonyl (C=O) groups excluding carboxylic acids is 1. The van der Waals surface area contributed by atoms with Crippen LogP contribution in [-0.2, 0) is 22.3 Å². The van der Waals surface area contributed by atoms with E-state index in [2.05, 4.69) is 4.90 Å². The van der Waals surface area contributed by atoms with Crippen LogP contribution in [0.3, 0.4) is 0 Å². The summed E-state index contributed by atoms with van der Waals surface area (Å²) >= 11 is 6.57. The molecular formula is C30H34ClF3N4O5. The van der Waals surface area contributed by atoms with Gasteiger partial charge < -0.3 is 19.0 Å². The summed E-state index contributed by atoms with van der Waals surface area (Å²) in [5.74, 6) is 0.655. The smallest absolute Gasteiger partial charge is 0.423 e. The van der Waals surface area contributed by atoms with Crippen LogP contribution in [0, 0.1) is 17.0 Å². The van der Waals surface area contributed by atoms with Gasteiger partial charge in [0.1, 0.15) is 23.5 Å². The Labute approximate surface area is 252 Å². The number of nitro groups is 1. The number of hydrogen-bond donors (Lipinski definition) is 0. The largest absolute Gasteiger partial charge is 0.458 e. The molecule has 0 unspecified atom stereocenters. The molecule has 1 aliphatic heterocycles. The van der Waals surface area contributed by atoms with Gasteiger partial charge in [-0.15, -0.1) is 0 Å². The fourth-order valence-corrected chi connectivity index (χ4v) is 6.16. The van der Waals surface area contributed by atoms with Crippen molar-refractivity contribution in [1.29, 1.82) is 0 Å². The summed E-state index contributed by atoms with van der Waals surface area (Å²) in [6, 6.07) is 8.97. The van der Waals surface area contributed by atoms with Gasteiger partial charge in [0, 0.05) is 56.4 Å². The van der Waals surface area contributed by atoms with Gasteiger partial charge in [-0.2, -0.15) is 13.2 Å². The van der Waals surface area contributed by atoms with E-state index in [0.29, 0.717) is 63.4 Å². The quantitative estimate of drug-likeness (QED) is 0.211. The molecule has 2 aliphatic rings. The number of anilines is 1. The van der Waals surface area contributed by atoms with E-state index >= 15 is 0 Å². The third kappa shape index (κ3) is 7.08. The molecule has 13 heteroatoms. The molecule has 9 nitrogen and oxygen atoms in total. The van der Waals surface area contributed by atoms with Gasteiger partial charge in [0.15, 0.2) is 0 Å². The van der Waals surface area contributed by atoms with E-state index in [-0.39, 0.29) is 30.3 Å². The predicted octanol–water partition coefficient (Wildman–Crippen LogP) is 6.43. The summed E-state index contributed by atoms with van der Waals surface area (Å²) in [7, 11) is 1.69. The first-order valence-corrected chi connectivity index (χ1v) is 14.7. The highest BCUT2D eigenvalue weighted by Crippen LogP contribution is 2.39. The molecule has 2 heterocycles. The molecule has 2 fully saturated rings. The highest BCUT2D eigenvalue weighted by molar-refractivity contribution is 6.36. The number of ether oxygens (including phenoxy) is 1. The van der Waals surface area contributed by atoms with E-state index in [0.717, 1.165) is 34.4 Å². The first kappa shape index (κ1) is 31.1. The Hall–Kier alpha value is -3.35. The van der Waals surface area contributed by atoms with Crippen molar-refractivity contribution in [3.63, 3.8) is 0 Å².